The molecule has 3 aromatic rings. The van der Waals surface area contributed by atoms with E-state index in [1.165, 1.54) is 0 Å². The molecule has 26 heavy (non-hydrogen) atoms. The Labute approximate surface area is 160 Å². The second-order valence-electron chi connectivity index (χ2n) is 5.48. The van der Waals surface area contributed by atoms with Crippen molar-refractivity contribution >= 4 is 46.4 Å². The molecule has 0 aliphatic heterocycles. The first-order valence-electron chi connectivity index (χ1n) is 7.76. The van der Waals surface area contributed by atoms with Crippen molar-refractivity contribution in [2.24, 2.45) is 0 Å². The van der Waals surface area contributed by atoms with Crippen molar-refractivity contribution in [2.45, 2.75) is 0 Å². The quantitative estimate of drug-likeness (QED) is 0.552. The van der Waals surface area contributed by atoms with Crippen LogP contribution in [0.2, 0.25) is 10.0 Å². The van der Waals surface area contributed by atoms with E-state index < -0.39 is 6.03 Å². The Balaban J connectivity index is 1.64. The normalized spacial score (nSPS) is 10.2. The van der Waals surface area contributed by atoms with Crippen molar-refractivity contribution in [1.82, 2.24) is 0 Å². The lowest BCUT2D eigenvalue weighted by Gasteiger charge is -2.09. The second kappa shape index (κ2) is 8.04. The summed E-state index contributed by atoms with van der Waals surface area (Å²) in [7, 11) is 0. The van der Waals surface area contributed by atoms with Gasteiger partial charge < -0.3 is 10.6 Å². The monoisotopic (exact) mass is 384 g/mol. The minimum Gasteiger partial charge on any atom is -0.308 e. The molecule has 0 fully saturated rings. The lowest BCUT2D eigenvalue weighted by molar-refractivity contribution is 0.103. The molecule has 0 aliphatic rings. The molecular formula is C20H14Cl2N2O2. The lowest BCUT2D eigenvalue weighted by atomic mass is 10.0. The number of benzene rings is 3. The minimum absolute atomic E-state index is 0.0718. The first-order chi connectivity index (χ1) is 12.5. The number of halogens is 2. The summed E-state index contributed by atoms with van der Waals surface area (Å²) in [5.41, 5.74) is 2.25. The molecule has 0 heterocycles. The molecular weight excluding hydrogens is 371 g/mol. The smallest absolute Gasteiger partial charge is 0.308 e. The third-order valence-corrected chi connectivity index (χ3v) is 4.36. The largest absolute Gasteiger partial charge is 0.323 e. The Morgan fingerprint density at radius 1 is 0.654 bits per heavy atom. The summed E-state index contributed by atoms with van der Waals surface area (Å²) in [4.78, 5) is 24.4. The molecule has 0 radical (unpaired) electrons. The Morgan fingerprint density at radius 2 is 1.23 bits per heavy atom. The Bertz CT molecular complexity index is 942. The van der Waals surface area contributed by atoms with Gasteiger partial charge >= 0.3 is 6.03 Å². The molecule has 3 aromatic carbocycles. The van der Waals surface area contributed by atoms with E-state index in [0.29, 0.717) is 32.5 Å². The lowest BCUT2D eigenvalue weighted by Crippen LogP contribution is -2.19. The van der Waals surface area contributed by atoms with Crippen molar-refractivity contribution < 1.29 is 9.59 Å². The molecule has 4 nitrogen and oxygen atoms in total. The molecule has 0 atom stereocenters. The third-order valence-electron chi connectivity index (χ3n) is 3.62. The van der Waals surface area contributed by atoms with Crippen LogP contribution < -0.4 is 10.6 Å². The number of hydrogen-bond donors (Lipinski definition) is 2. The fourth-order valence-corrected chi connectivity index (χ4v) is 2.63. The highest BCUT2D eigenvalue weighted by Crippen LogP contribution is 2.25. The zero-order valence-corrected chi connectivity index (χ0v) is 15.0. The van der Waals surface area contributed by atoms with Gasteiger partial charge in [0.2, 0.25) is 0 Å². The predicted molar refractivity (Wildman–Crippen MR) is 105 cm³/mol. The number of ketones is 1. The zero-order valence-electron chi connectivity index (χ0n) is 13.5. The summed E-state index contributed by atoms with van der Waals surface area (Å²) in [6.45, 7) is 0. The third kappa shape index (κ3) is 4.42. The van der Waals surface area contributed by atoms with E-state index >= 15 is 0 Å². The van der Waals surface area contributed by atoms with Gasteiger partial charge in [-0.2, -0.15) is 0 Å². The summed E-state index contributed by atoms with van der Waals surface area (Å²) in [5.74, 6) is -0.0718. The van der Waals surface area contributed by atoms with Crippen LogP contribution in [0.1, 0.15) is 15.9 Å². The Kier molecular flexibility index (Phi) is 5.56. The van der Waals surface area contributed by atoms with Gasteiger partial charge in [0.05, 0.1) is 10.0 Å². The molecule has 2 N–H and O–H groups in total. The number of urea groups is 1. The molecule has 0 saturated heterocycles. The van der Waals surface area contributed by atoms with E-state index in [1.54, 1.807) is 54.6 Å². The first-order valence-corrected chi connectivity index (χ1v) is 8.51. The molecule has 3 rings (SSSR count). The van der Waals surface area contributed by atoms with E-state index in [2.05, 4.69) is 10.6 Å². The number of hydrogen-bond acceptors (Lipinski definition) is 2. The van der Waals surface area contributed by atoms with Crippen LogP contribution in [0, 0.1) is 0 Å². The van der Waals surface area contributed by atoms with Crippen LogP contribution in [0.25, 0.3) is 0 Å². The van der Waals surface area contributed by atoms with Gasteiger partial charge in [-0.05, 0) is 42.5 Å². The van der Waals surface area contributed by atoms with Crippen LogP contribution in [-0.2, 0) is 0 Å². The highest BCUT2D eigenvalue weighted by Gasteiger charge is 2.09. The number of carbonyl (C=O) groups is 2. The van der Waals surface area contributed by atoms with Gasteiger partial charge in [0, 0.05) is 22.5 Å². The van der Waals surface area contributed by atoms with Crippen molar-refractivity contribution in [3.8, 4) is 0 Å². The molecule has 2 amide bonds. The number of rotatable bonds is 4. The van der Waals surface area contributed by atoms with Crippen LogP contribution in [-0.4, -0.2) is 11.8 Å². The Hall–Kier alpha value is -2.82. The maximum absolute atomic E-state index is 12.4. The fraction of sp³-hybridized carbons (Fsp3) is 0. The summed E-state index contributed by atoms with van der Waals surface area (Å²) < 4.78 is 0. The van der Waals surface area contributed by atoms with Crippen LogP contribution >= 0.6 is 23.2 Å². The predicted octanol–water partition coefficient (Wildman–Crippen LogP) is 5.87. The Morgan fingerprint density at radius 3 is 1.88 bits per heavy atom. The minimum atomic E-state index is -0.425. The van der Waals surface area contributed by atoms with Crippen molar-refractivity contribution in [2.75, 3.05) is 10.6 Å². The molecule has 0 saturated carbocycles. The molecule has 0 bridgehead atoms. The summed E-state index contributed by atoms with van der Waals surface area (Å²) in [5, 5.41) is 6.12. The molecule has 0 spiro atoms. The van der Waals surface area contributed by atoms with Gasteiger partial charge in [-0.3, -0.25) is 4.79 Å². The van der Waals surface area contributed by atoms with Gasteiger partial charge in [-0.1, -0.05) is 53.5 Å². The van der Waals surface area contributed by atoms with Crippen LogP contribution in [0.3, 0.4) is 0 Å². The van der Waals surface area contributed by atoms with Crippen LogP contribution in [0.4, 0.5) is 16.2 Å². The maximum atomic E-state index is 12.4. The van der Waals surface area contributed by atoms with Gasteiger partial charge in [0.25, 0.3) is 0 Å². The van der Waals surface area contributed by atoms with Gasteiger partial charge in [-0.25, -0.2) is 4.79 Å². The first kappa shape index (κ1) is 18.0. The number of carbonyl (C=O) groups excluding carboxylic acids is 2. The van der Waals surface area contributed by atoms with Crippen molar-refractivity contribution in [3.05, 3.63) is 94.0 Å². The second-order valence-corrected chi connectivity index (χ2v) is 6.29. The van der Waals surface area contributed by atoms with Crippen LogP contribution in [0.5, 0.6) is 0 Å². The molecule has 130 valence electrons. The molecule has 0 aromatic heterocycles. The summed E-state index contributed by atoms with van der Waals surface area (Å²) >= 11 is 11.8. The highest BCUT2D eigenvalue weighted by atomic mass is 35.5. The summed E-state index contributed by atoms with van der Waals surface area (Å²) in [6, 6.07) is 20.1. The van der Waals surface area contributed by atoms with Crippen molar-refractivity contribution in [1.29, 1.82) is 0 Å². The zero-order chi connectivity index (χ0) is 18.5. The van der Waals surface area contributed by atoms with E-state index in [9.17, 15) is 9.59 Å². The molecule has 0 unspecified atom stereocenters. The van der Waals surface area contributed by atoms with Crippen molar-refractivity contribution in [3.63, 3.8) is 0 Å². The SMILES string of the molecule is O=C(Nc1ccc(C(=O)c2ccccc2)cc1)Nc1ccc(Cl)c(Cl)c1. The highest BCUT2D eigenvalue weighted by molar-refractivity contribution is 6.42. The van der Waals surface area contributed by atoms with E-state index in [-0.39, 0.29) is 5.78 Å². The van der Waals surface area contributed by atoms with E-state index in [4.69, 9.17) is 23.2 Å². The molecule has 0 aliphatic carbocycles. The number of amides is 2. The average Bonchev–Trinajstić information content (AvgIpc) is 2.65. The fourth-order valence-electron chi connectivity index (χ4n) is 2.33. The number of nitrogens with one attached hydrogen (secondary N) is 2. The number of anilines is 2. The summed E-state index contributed by atoms with van der Waals surface area (Å²) in [6.07, 6.45) is 0. The average molecular weight is 385 g/mol. The van der Waals surface area contributed by atoms with E-state index in [0.717, 1.165) is 0 Å². The van der Waals surface area contributed by atoms with Crippen LogP contribution in [0.15, 0.2) is 72.8 Å². The van der Waals surface area contributed by atoms with Gasteiger partial charge in [0.15, 0.2) is 5.78 Å². The standard InChI is InChI=1S/C20H14Cl2N2O2/c21-17-11-10-16(12-18(17)22)24-20(26)23-15-8-6-14(7-9-15)19(25)13-4-2-1-3-5-13/h1-12H,(H2,23,24,26). The van der Waals surface area contributed by atoms with Gasteiger partial charge in [0.1, 0.15) is 0 Å². The topological polar surface area (TPSA) is 58.2 Å². The van der Waals surface area contributed by atoms with Gasteiger partial charge in [-0.15, -0.1) is 0 Å². The maximum Gasteiger partial charge on any atom is 0.323 e. The van der Waals surface area contributed by atoms with E-state index in [1.807, 2.05) is 18.2 Å². The molecule has 6 heteroatoms.